The van der Waals surface area contributed by atoms with E-state index in [1.54, 1.807) is 30.3 Å². The fraction of sp³-hybridized carbons (Fsp3) is 0.214. The molecular formula is C14H11ClO3S. The van der Waals surface area contributed by atoms with Crippen molar-refractivity contribution in [1.29, 1.82) is 0 Å². The summed E-state index contributed by atoms with van der Waals surface area (Å²) in [7, 11) is 0. The Kier molecular flexibility index (Phi) is 3.44. The molecule has 0 unspecified atom stereocenters. The summed E-state index contributed by atoms with van der Waals surface area (Å²) < 4.78 is 11.7. The molecule has 2 aromatic rings. The number of hydrogen-bond donors (Lipinski definition) is 0. The van der Waals surface area contributed by atoms with Gasteiger partial charge in [-0.2, -0.15) is 0 Å². The lowest BCUT2D eigenvalue weighted by atomic mass is 10.1. The van der Waals surface area contributed by atoms with Gasteiger partial charge in [-0.1, -0.05) is 11.6 Å². The molecule has 1 aliphatic heterocycles. The topological polar surface area (TPSA) is 35.5 Å². The maximum atomic E-state index is 12.3. The predicted octanol–water partition coefficient (Wildman–Crippen LogP) is 3.79. The highest BCUT2D eigenvalue weighted by atomic mass is 35.5. The third-order valence-corrected chi connectivity index (χ3v) is 4.04. The summed E-state index contributed by atoms with van der Waals surface area (Å²) in [6, 6.07) is 8.73. The molecule has 5 heteroatoms. The second-order valence-electron chi connectivity index (χ2n) is 4.14. The average Bonchev–Trinajstić information content (AvgIpc) is 2.72. The minimum atomic E-state index is -0.0486. The Morgan fingerprint density at radius 1 is 1.11 bits per heavy atom. The SMILES string of the molecule is O=C(c1ccc2c(c1)OCCCO2)c1ccc(Cl)s1. The van der Waals surface area contributed by atoms with E-state index in [1.807, 2.05) is 0 Å². The normalized spacial score (nSPS) is 13.9. The fourth-order valence-corrected chi connectivity index (χ4v) is 2.89. The van der Waals surface area contributed by atoms with Gasteiger partial charge in [0.05, 0.1) is 22.4 Å². The standard InChI is InChI=1S/C14H11ClO3S/c15-13-5-4-12(19-13)14(16)9-2-3-10-11(8-9)18-7-1-6-17-10/h2-5,8H,1,6-7H2. The van der Waals surface area contributed by atoms with Crippen LogP contribution in [0.25, 0.3) is 0 Å². The van der Waals surface area contributed by atoms with Crippen LogP contribution in [0.5, 0.6) is 11.5 Å². The van der Waals surface area contributed by atoms with Crippen molar-refractivity contribution in [2.75, 3.05) is 13.2 Å². The Morgan fingerprint density at radius 2 is 1.89 bits per heavy atom. The Balaban J connectivity index is 1.93. The molecule has 0 spiro atoms. The fourth-order valence-electron chi connectivity index (χ4n) is 1.88. The van der Waals surface area contributed by atoms with Crippen molar-refractivity contribution in [3.05, 3.63) is 45.1 Å². The van der Waals surface area contributed by atoms with Gasteiger partial charge < -0.3 is 9.47 Å². The van der Waals surface area contributed by atoms with Crippen LogP contribution < -0.4 is 9.47 Å². The van der Waals surface area contributed by atoms with E-state index < -0.39 is 0 Å². The van der Waals surface area contributed by atoms with Crippen molar-refractivity contribution in [3.8, 4) is 11.5 Å². The van der Waals surface area contributed by atoms with Gasteiger partial charge in [-0.15, -0.1) is 11.3 Å². The number of halogens is 1. The number of ether oxygens (including phenoxy) is 2. The highest BCUT2D eigenvalue weighted by Crippen LogP contribution is 2.32. The van der Waals surface area contributed by atoms with Crippen molar-refractivity contribution in [2.24, 2.45) is 0 Å². The van der Waals surface area contributed by atoms with E-state index in [0.29, 0.717) is 39.5 Å². The second-order valence-corrected chi connectivity index (χ2v) is 5.86. The molecule has 0 aliphatic carbocycles. The van der Waals surface area contributed by atoms with E-state index in [9.17, 15) is 4.79 Å². The number of fused-ring (bicyclic) bond motifs is 1. The number of hydrogen-bond acceptors (Lipinski definition) is 4. The molecule has 0 saturated carbocycles. The molecule has 0 bridgehead atoms. The zero-order chi connectivity index (χ0) is 13.2. The summed E-state index contributed by atoms with van der Waals surface area (Å²) in [6.45, 7) is 1.25. The summed E-state index contributed by atoms with van der Waals surface area (Å²) in [4.78, 5) is 12.9. The smallest absolute Gasteiger partial charge is 0.203 e. The summed E-state index contributed by atoms with van der Waals surface area (Å²) in [6.07, 6.45) is 0.846. The lowest BCUT2D eigenvalue weighted by molar-refractivity contribution is 0.104. The third kappa shape index (κ3) is 2.60. The maximum Gasteiger partial charge on any atom is 0.203 e. The summed E-state index contributed by atoms with van der Waals surface area (Å²) in [5, 5.41) is 0. The minimum absolute atomic E-state index is 0.0486. The number of carbonyl (C=O) groups is 1. The van der Waals surface area contributed by atoms with Crippen LogP contribution in [0.3, 0.4) is 0 Å². The zero-order valence-corrected chi connectivity index (χ0v) is 11.6. The number of benzene rings is 1. The van der Waals surface area contributed by atoms with Crippen LogP contribution in [-0.4, -0.2) is 19.0 Å². The first-order chi connectivity index (χ1) is 9.24. The number of rotatable bonds is 2. The van der Waals surface area contributed by atoms with Crippen LogP contribution in [0.1, 0.15) is 21.7 Å². The van der Waals surface area contributed by atoms with E-state index in [0.717, 1.165) is 6.42 Å². The predicted molar refractivity (Wildman–Crippen MR) is 74.8 cm³/mol. The zero-order valence-electron chi connectivity index (χ0n) is 10.0. The summed E-state index contributed by atoms with van der Waals surface area (Å²) in [5.41, 5.74) is 0.586. The minimum Gasteiger partial charge on any atom is -0.490 e. The summed E-state index contributed by atoms with van der Waals surface area (Å²) >= 11 is 7.13. The molecule has 1 aliphatic rings. The first-order valence-electron chi connectivity index (χ1n) is 5.94. The first kappa shape index (κ1) is 12.5. The van der Waals surface area contributed by atoms with Crippen LogP contribution in [0, 0.1) is 0 Å². The van der Waals surface area contributed by atoms with Gasteiger partial charge in [0.1, 0.15) is 0 Å². The highest BCUT2D eigenvalue weighted by molar-refractivity contribution is 7.18. The number of carbonyl (C=O) groups excluding carboxylic acids is 1. The second kappa shape index (κ2) is 5.23. The molecule has 0 atom stereocenters. The average molecular weight is 295 g/mol. The van der Waals surface area contributed by atoms with Crippen molar-refractivity contribution in [3.63, 3.8) is 0 Å². The molecule has 1 aromatic heterocycles. The monoisotopic (exact) mass is 294 g/mol. The van der Waals surface area contributed by atoms with Crippen LogP contribution in [0.2, 0.25) is 4.34 Å². The molecule has 0 radical (unpaired) electrons. The molecule has 0 fully saturated rings. The Labute approximate surface area is 119 Å². The van der Waals surface area contributed by atoms with Gasteiger partial charge in [0.25, 0.3) is 0 Å². The van der Waals surface area contributed by atoms with Gasteiger partial charge in [-0.25, -0.2) is 0 Å². The molecule has 3 nitrogen and oxygen atoms in total. The van der Waals surface area contributed by atoms with Gasteiger partial charge in [-0.05, 0) is 30.3 Å². The maximum absolute atomic E-state index is 12.3. The van der Waals surface area contributed by atoms with Crippen molar-refractivity contribution in [1.82, 2.24) is 0 Å². The highest BCUT2D eigenvalue weighted by Gasteiger charge is 2.16. The van der Waals surface area contributed by atoms with Crippen LogP contribution >= 0.6 is 22.9 Å². The molecule has 1 aromatic carbocycles. The van der Waals surface area contributed by atoms with Crippen molar-refractivity contribution >= 4 is 28.7 Å². The van der Waals surface area contributed by atoms with Gasteiger partial charge in [0.15, 0.2) is 11.5 Å². The van der Waals surface area contributed by atoms with Gasteiger partial charge in [-0.3, -0.25) is 4.79 Å². The first-order valence-corrected chi connectivity index (χ1v) is 7.13. The van der Waals surface area contributed by atoms with E-state index in [4.69, 9.17) is 21.1 Å². The van der Waals surface area contributed by atoms with Gasteiger partial charge in [0.2, 0.25) is 5.78 Å². The van der Waals surface area contributed by atoms with Crippen LogP contribution in [0.4, 0.5) is 0 Å². The lowest BCUT2D eigenvalue weighted by Crippen LogP contribution is -2.00. The summed E-state index contributed by atoms with van der Waals surface area (Å²) in [5.74, 6) is 1.27. The lowest BCUT2D eigenvalue weighted by Gasteiger charge is -2.08. The quantitative estimate of drug-likeness (QED) is 0.791. The molecule has 0 saturated heterocycles. The molecule has 0 amide bonds. The Morgan fingerprint density at radius 3 is 2.63 bits per heavy atom. The molecule has 98 valence electrons. The van der Waals surface area contributed by atoms with Crippen LogP contribution in [-0.2, 0) is 0 Å². The van der Waals surface area contributed by atoms with E-state index in [1.165, 1.54) is 11.3 Å². The van der Waals surface area contributed by atoms with Gasteiger partial charge in [0, 0.05) is 12.0 Å². The molecule has 2 heterocycles. The third-order valence-electron chi connectivity index (χ3n) is 2.81. The van der Waals surface area contributed by atoms with Gasteiger partial charge >= 0.3 is 0 Å². The van der Waals surface area contributed by atoms with E-state index in [2.05, 4.69) is 0 Å². The largest absolute Gasteiger partial charge is 0.490 e. The Bertz CT molecular complexity index is 621. The number of thiophene rings is 1. The van der Waals surface area contributed by atoms with E-state index >= 15 is 0 Å². The Hall–Kier alpha value is -1.52. The molecule has 19 heavy (non-hydrogen) atoms. The molecule has 3 rings (SSSR count). The molecule has 0 N–H and O–H groups in total. The van der Waals surface area contributed by atoms with Crippen LogP contribution in [0.15, 0.2) is 30.3 Å². The van der Waals surface area contributed by atoms with Crippen molar-refractivity contribution in [2.45, 2.75) is 6.42 Å². The number of ketones is 1. The van der Waals surface area contributed by atoms with Crippen molar-refractivity contribution < 1.29 is 14.3 Å². The molecular weight excluding hydrogens is 284 g/mol. The van der Waals surface area contributed by atoms with E-state index in [-0.39, 0.29) is 5.78 Å².